The molecule has 5 nitrogen and oxygen atoms in total. The minimum absolute atomic E-state index is 0.252. The van der Waals surface area contributed by atoms with E-state index in [0.717, 1.165) is 17.4 Å². The molecule has 0 amide bonds. The molecule has 0 radical (unpaired) electrons. The van der Waals surface area contributed by atoms with E-state index in [9.17, 15) is 18.0 Å². The Hall–Kier alpha value is -1.44. The minimum Gasteiger partial charge on any atom is -0.305 e. The summed E-state index contributed by atoms with van der Waals surface area (Å²) in [7, 11) is 0. The van der Waals surface area contributed by atoms with Gasteiger partial charge in [-0.1, -0.05) is 0 Å². The van der Waals surface area contributed by atoms with Gasteiger partial charge < -0.3 is 4.57 Å². The van der Waals surface area contributed by atoms with Gasteiger partial charge in [-0.25, -0.2) is 0 Å². The number of alkyl halides is 3. The lowest BCUT2D eigenvalue weighted by Crippen LogP contribution is -2.43. The number of fused-ring (bicyclic) bond motifs is 1. The van der Waals surface area contributed by atoms with Crippen LogP contribution in [0.15, 0.2) is 0 Å². The summed E-state index contributed by atoms with van der Waals surface area (Å²) < 4.78 is 39.3. The maximum atomic E-state index is 12.7. The third-order valence-electron chi connectivity index (χ3n) is 4.07. The maximum Gasteiger partial charge on any atom is 0.451 e. The van der Waals surface area contributed by atoms with Gasteiger partial charge in [0.15, 0.2) is 0 Å². The molecule has 0 aromatic carbocycles. The highest BCUT2D eigenvalue weighted by molar-refractivity contribution is 5.79. The molecule has 0 saturated heterocycles. The normalized spacial score (nSPS) is 22.1. The summed E-state index contributed by atoms with van der Waals surface area (Å²) in [4.78, 5) is 13.4. The molecule has 0 spiro atoms. The molecule has 1 fully saturated rings. The van der Waals surface area contributed by atoms with Crippen molar-refractivity contribution >= 4 is 5.78 Å². The zero-order chi connectivity index (χ0) is 14.3. The van der Waals surface area contributed by atoms with Crippen molar-refractivity contribution < 1.29 is 18.0 Å². The fourth-order valence-electron chi connectivity index (χ4n) is 2.99. The molecule has 2 heterocycles. The first-order chi connectivity index (χ1) is 9.45. The Labute approximate surface area is 113 Å². The van der Waals surface area contributed by atoms with Crippen LogP contribution < -0.4 is 0 Å². The number of rotatable bonds is 1. The molecule has 1 aliphatic heterocycles. The van der Waals surface area contributed by atoms with Gasteiger partial charge in [-0.05, 0) is 12.8 Å². The second-order valence-electron chi connectivity index (χ2n) is 5.33. The highest BCUT2D eigenvalue weighted by Gasteiger charge is 2.40. The molecule has 0 N–H and O–H groups in total. The molecule has 1 aromatic rings. The number of halogens is 3. The molecule has 20 heavy (non-hydrogen) atoms. The number of nitrogens with zero attached hydrogens (tertiary/aromatic N) is 4. The van der Waals surface area contributed by atoms with Crippen LogP contribution in [-0.4, -0.2) is 38.0 Å². The van der Waals surface area contributed by atoms with Crippen LogP contribution in [0.1, 0.15) is 37.3 Å². The van der Waals surface area contributed by atoms with Crippen LogP contribution in [0.5, 0.6) is 0 Å². The van der Waals surface area contributed by atoms with E-state index in [-0.39, 0.29) is 18.4 Å². The summed E-state index contributed by atoms with van der Waals surface area (Å²) in [6.45, 7) is 1.18. The van der Waals surface area contributed by atoms with E-state index < -0.39 is 12.0 Å². The third-order valence-corrected chi connectivity index (χ3v) is 4.07. The first-order valence-corrected chi connectivity index (χ1v) is 6.70. The first-order valence-electron chi connectivity index (χ1n) is 6.70. The van der Waals surface area contributed by atoms with Gasteiger partial charge in [0.25, 0.3) is 0 Å². The van der Waals surface area contributed by atoms with Crippen molar-refractivity contribution in [3.63, 3.8) is 0 Å². The third kappa shape index (κ3) is 2.44. The van der Waals surface area contributed by atoms with Crippen molar-refractivity contribution in [3.05, 3.63) is 11.6 Å². The van der Waals surface area contributed by atoms with Crippen LogP contribution in [0, 0.1) is 0 Å². The van der Waals surface area contributed by atoms with Crippen LogP contribution in [0.4, 0.5) is 13.2 Å². The lowest BCUT2D eigenvalue weighted by Gasteiger charge is -2.36. The van der Waals surface area contributed by atoms with E-state index in [1.54, 1.807) is 0 Å². The monoisotopic (exact) mass is 288 g/mol. The molecule has 110 valence electrons. The van der Waals surface area contributed by atoms with Gasteiger partial charge in [-0.3, -0.25) is 9.69 Å². The molecular weight excluding hydrogens is 273 g/mol. The van der Waals surface area contributed by atoms with Gasteiger partial charge in [0.2, 0.25) is 5.82 Å². The first kappa shape index (κ1) is 13.5. The summed E-state index contributed by atoms with van der Waals surface area (Å²) in [5, 5.41) is 6.94. The van der Waals surface area contributed by atoms with E-state index in [4.69, 9.17) is 0 Å². The SMILES string of the molecule is O=C1CCC(N2CCn3c(nnc3C(F)(F)F)C2)CC1. The zero-order valence-electron chi connectivity index (χ0n) is 10.9. The minimum atomic E-state index is -4.45. The number of carbonyl (C=O) groups excluding carboxylic acids is 1. The Morgan fingerprint density at radius 1 is 1.10 bits per heavy atom. The maximum absolute atomic E-state index is 12.7. The Balaban J connectivity index is 1.73. The Kier molecular flexibility index (Phi) is 3.27. The van der Waals surface area contributed by atoms with Crippen molar-refractivity contribution in [3.8, 4) is 0 Å². The molecule has 0 unspecified atom stereocenters. The van der Waals surface area contributed by atoms with Crippen molar-refractivity contribution in [1.29, 1.82) is 0 Å². The molecule has 8 heteroatoms. The number of Topliss-reactive ketones (excluding diaryl/α,β-unsaturated/α-hetero) is 1. The summed E-state index contributed by atoms with van der Waals surface area (Å²) in [5.41, 5.74) is 0. The molecule has 1 saturated carbocycles. The molecule has 1 aliphatic carbocycles. The number of carbonyl (C=O) groups is 1. The quantitative estimate of drug-likeness (QED) is 0.788. The van der Waals surface area contributed by atoms with Gasteiger partial charge >= 0.3 is 6.18 Å². The zero-order valence-corrected chi connectivity index (χ0v) is 10.9. The predicted octanol–water partition coefficient (Wildman–Crippen LogP) is 1.62. The molecular formula is C12H15F3N4O. The van der Waals surface area contributed by atoms with E-state index in [1.807, 2.05) is 0 Å². The molecule has 0 bridgehead atoms. The van der Waals surface area contributed by atoms with Crippen molar-refractivity contribution in [2.45, 2.75) is 51.0 Å². The topological polar surface area (TPSA) is 51.0 Å². The van der Waals surface area contributed by atoms with Crippen molar-refractivity contribution in [2.75, 3.05) is 6.54 Å². The highest BCUT2D eigenvalue weighted by atomic mass is 19.4. The largest absolute Gasteiger partial charge is 0.451 e. The van der Waals surface area contributed by atoms with Crippen LogP contribution in [0.2, 0.25) is 0 Å². The lowest BCUT2D eigenvalue weighted by molar-refractivity contribution is -0.148. The van der Waals surface area contributed by atoms with Crippen molar-refractivity contribution in [2.24, 2.45) is 0 Å². The predicted molar refractivity (Wildman–Crippen MR) is 62.7 cm³/mol. The van der Waals surface area contributed by atoms with E-state index in [0.29, 0.717) is 31.8 Å². The van der Waals surface area contributed by atoms with Gasteiger partial charge in [0, 0.05) is 32.0 Å². The average molecular weight is 288 g/mol. The van der Waals surface area contributed by atoms with Crippen LogP contribution >= 0.6 is 0 Å². The van der Waals surface area contributed by atoms with Crippen molar-refractivity contribution in [1.82, 2.24) is 19.7 Å². The fraction of sp³-hybridized carbons (Fsp3) is 0.750. The smallest absolute Gasteiger partial charge is 0.305 e. The van der Waals surface area contributed by atoms with E-state index in [1.165, 1.54) is 0 Å². The standard InChI is InChI=1S/C12H15F3N4O/c13-12(14,15)11-17-16-10-7-18(5-6-19(10)11)8-1-3-9(20)4-2-8/h8H,1-7H2. The second kappa shape index (κ2) is 4.83. The summed E-state index contributed by atoms with van der Waals surface area (Å²) >= 11 is 0. The Bertz CT molecular complexity index is 515. The fourth-order valence-corrected chi connectivity index (χ4v) is 2.99. The van der Waals surface area contributed by atoms with E-state index in [2.05, 4.69) is 15.1 Å². The lowest BCUT2D eigenvalue weighted by atomic mass is 9.93. The summed E-state index contributed by atoms with van der Waals surface area (Å²) in [6, 6.07) is 0.271. The Morgan fingerprint density at radius 2 is 1.80 bits per heavy atom. The summed E-state index contributed by atoms with van der Waals surface area (Å²) in [6.07, 6.45) is -1.73. The van der Waals surface area contributed by atoms with Gasteiger partial charge in [0.05, 0.1) is 6.54 Å². The molecule has 2 aliphatic rings. The van der Waals surface area contributed by atoms with Gasteiger partial charge in [-0.15, -0.1) is 10.2 Å². The van der Waals surface area contributed by atoms with E-state index >= 15 is 0 Å². The molecule has 0 atom stereocenters. The average Bonchev–Trinajstić information content (AvgIpc) is 2.82. The number of ketones is 1. The summed E-state index contributed by atoms with van der Waals surface area (Å²) in [5.74, 6) is -0.271. The van der Waals surface area contributed by atoms with Crippen LogP contribution in [0.3, 0.4) is 0 Å². The Morgan fingerprint density at radius 3 is 2.45 bits per heavy atom. The van der Waals surface area contributed by atoms with Gasteiger partial charge in [-0.2, -0.15) is 13.2 Å². The number of hydrogen-bond acceptors (Lipinski definition) is 4. The highest BCUT2D eigenvalue weighted by Crippen LogP contribution is 2.30. The second-order valence-corrected chi connectivity index (χ2v) is 5.33. The number of aromatic nitrogens is 3. The molecule has 1 aromatic heterocycles. The van der Waals surface area contributed by atoms with Gasteiger partial charge in [0.1, 0.15) is 11.6 Å². The van der Waals surface area contributed by atoms with Crippen LogP contribution in [0.25, 0.3) is 0 Å². The molecule has 3 rings (SSSR count). The van der Waals surface area contributed by atoms with Crippen LogP contribution in [-0.2, 0) is 24.1 Å². The number of hydrogen-bond donors (Lipinski definition) is 0.